The minimum atomic E-state index is -1.90. The van der Waals surface area contributed by atoms with Gasteiger partial charge in [-0.05, 0) is 40.0 Å². The first-order valence-corrected chi connectivity index (χ1v) is 12.1. The van der Waals surface area contributed by atoms with Gasteiger partial charge < -0.3 is 64.5 Å². The van der Waals surface area contributed by atoms with Crippen LogP contribution in [0.5, 0.6) is 0 Å². The van der Waals surface area contributed by atoms with Crippen LogP contribution in [0, 0.1) is 0 Å². The number of hydrogen-bond donors (Lipinski definition) is 8. The van der Waals surface area contributed by atoms with Crippen molar-refractivity contribution in [1.29, 1.82) is 0 Å². The molecule has 0 saturated carbocycles. The lowest BCUT2D eigenvalue weighted by atomic mass is 9.93. The second-order valence-electron chi connectivity index (χ2n) is 9.72. The van der Waals surface area contributed by atoms with Crippen molar-refractivity contribution < 1.29 is 69.3 Å². The molecular formula is C23H40O14. The Morgan fingerprint density at radius 1 is 0.919 bits per heavy atom. The van der Waals surface area contributed by atoms with E-state index < -0.39 is 86.1 Å². The van der Waals surface area contributed by atoms with E-state index >= 15 is 0 Å². The van der Waals surface area contributed by atoms with Gasteiger partial charge in [0.15, 0.2) is 25.0 Å². The van der Waals surface area contributed by atoms with Crippen LogP contribution in [-0.4, -0.2) is 127 Å². The van der Waals surface area contributed by atoms with Crippen LogP contribution in [-0.2, 0) is 28.5 Å². The lowest BCUT2D eigenvalue weighted by Gasteiger charge is -2.46. The Morgan fingerprint density at radius 3 is 2.05 bits per heavy atom. The van der Waals surface area contributed by atoms with Crippen molar-refractivity contribution in [3.8, 4) is 0 Å². The zero-order chi connectivity index (χ0) is 28.1. The number of allylic oxidation sites excluding steroid dienone is 2. The Labute approximate surface area is 214 Å². The Morgan fingerprint density at radius 2 is 1.49 bits per heavy atom. The molecule has 2 rings (SSSR count). The normalized spacial score (nSPS) is 38.4. The van der Waals surface area contributed by atoms with Crippen molar-refractivity contribution >= 4 is 5.97 Å². The van der Waals surface area contributed by atoms with E-state index in [0.717, 1.165) is 12.0 Å². The number of aliphatic carboxylic acids is 1. The minimum absolute atomic E-state index is 0.239. The maximum Gasteiger partial charge on any atom is 0.335 e. The second-order valence-corrected chi connectivity index (χ2v) is 9.72. The maximum atomic E-state index is 11.5. The van der Waals surface area contributed by atoms with Crippen LogP contribution in [0.2, 0.25) is 0 Å². The molecule has 2 aliphatic rings. The predicted octanol–water partition coefficient (Wildman–Crippen LogP) is -2.07. The van der Waals surface area contributed by atoms with Gasteiger partial charge in [0.1, 0.15) is 43.4 Å². The number of rotatable bonds is 12. The summed E-state index contributed by atoms with van der Waals surface area (Å²) in [5.41, 5.74) is -0.382. The first-order chi connectivity index (χ1) is 17.2. The maximum absolute atomic E-state index is 11.5. The van der Waals surface area contributed by atoms with Gasteiger partial charge >= 0.3 is 5.97 Å². The molecule has 11 unspecified atom stereocenters. The van der Waals surface area contributed by atoms with Crippen molar-refractivity contribution in [2.75, 3.05) is 6.79 Å². The standard InChI is InChI=1S/C23H40O14/c1-5-6-10(2)7-8-11(34-21-16(29)12(25)14(27)18(35-21)19(31)32)23(3,4)37-22-17(30)13(26)15(28)20(36-22)33-9-24/h6,11-18,20-22,24-30H,5,7-9H2,1-4H3,(H,31,32)/b10-6+. The van der Waals surface area contributed by atoms with Gasteiger partial charge in [0, 0.05) is 0 Å². The lowest BCUT2D eigenvalue weighted by molar-refractivity contribution is -0.384. The van der Waals surface area contributed by atoms with Crippen LogP contribution in [0.25, 0.3) is 0 Å². The average molecular weight is 541 g/mol. The summed E-state index contributed by atoms with van der Waals surface area (Å²) in [6.07, 6.45) is -14.8. The fourth-order valence-electron chi connectivity index (χ4n) is 4.22. The van der Waals surface area contributed by atoms with E-state index in [9.17, 15) is 40.5 Å². The number of carbonyl (C=O) groups is 1. The largest absolute Gasteiger partial charge is 0.479 e. The molecule has 216 valence electrons. The Hall–Kier alpha value is -1.27. The molecule has 0 aromatic carbocycles. The minimum Gasteiger partial charge on any atom is -0.479 e. The van der Waals surface area contributed by atoms with Gasteiger partial charge in [-0.3, -0.25) is 0 Å². The molecular weight excluding hydrogens is 500 g/mol. The van der Waals surface area contributed by atoms with Gasteiger partial charge in [-0.2, -0.15) is 0 Å². The van der Waals surface area contributed by atoms with Crippen LogP contribution in [0.4, 0.5) is 0 Å². The molecule has 14 nitrogen and oxygen atoms in total. The Balaban J connectivity index is 2.29. The molecule has 0 amide bonds. The highest BCUT2D eigenvalue weighted by molar-refractivity contribution is 5.73. The quantitative estimate of drug-likeness (QED) is 0.0983. The van der Waals surface area contributed by atoms with Crippen molar-refractivity contribution in [1.82, 2.24) is 0 Å². The molecule has 2 heterocycles. The third kappa shape index (κ3) is 7.88. The topological polar surface area (TPSA) is 225 Å². The molecule has 37 heavy (non-hydrogen) atoms. The molecule has 8 N–H and O–H groups in total. The highest BCUT2D eigenvalue weighted by Gasteiger charge is 2.51. The first-order valence-electron chi connectivity index (χ1n) is 12.1. The summed E-state index contributed by atoms with van der Waals surface area (Å²) in [5.74, 6) is -1.57. The SMILES string of the molecule is CC/C=C(\C)CCC(OC1OC(C(=O)O)C(O)C(O)C1O)C(C)(C)OC1OC(OCO)C(O)C(O)C1O. The molecule has 0 aliphatic carbocycles. The third-order valence-electron chi connectivity index (χ3n) is 6.42. The Kier molecular flexibility index (Phi) is 11.8. The molecule has 0 spiro atoms. The smallest absolute Gasteiger partial charge is 0.335 e. The van der Waals surface area contributed by atoms with Gasteiger partial charge in [-0.15, -0.1) is 0 Å². The van der Waals surface area contributed by atoms with Crippen molar-refractivity contribution in [3.63, 3.8) is 0 Å². The molecule has 2 fully saturated rings. The van der Waals surface area contributed by atoms with Gasteiger partial charge in [0.25, 0.3) is 0 Å². The van der Waals surface area contributed by atoms with Crippen molar-refractivity contribution in [2.24, 2.45) is 0 Å². The average Bonchev–Trinajstić information content (AvgIpc) is 2.82. The summed E-state index contributed by atoms with van der Waals surface area (Å²) in [6, 6.07) is 0. The summed E-state index contributed by atoms with van der Waals surface area (Å²) in [5, 5.41) is 79.6. The molecule has 0 bridgehead atoms. The molecule has 2 saturated heterocycles. The number of hydrogen-bond acceptors (Lipinski definition) is 13. The van der Waals surface area contributed by atoms with E-state index in [2.05, 4.69) is 0 Å². The summed E-state index contributed by atoms with van der Waals surface area (Å²) < 4.78 is 27.4. The zero-order valence-electron chi connectivity index (χ0n) is 21.3. The van der Waals surface area contributed by atoms with Crippen LogP contribution in [0.1, 0.15) is 47.0 Å². The van der Waals surface area contributed by atoms with Gasteiger partial charge in [0.2, 0.25) is 0 Å². The lowest BCUT2D eigenvalue weighted by Crippen LogP contribution is -2.63. The van der Waals surface area contributed by atoms with Crippen molar-refractivity contribution in [3.05, 3.63) is 11.6 Å². The molecule has 0 aromatic heterocycles. The molecule has 14 heteroatoms. The monoisotopic (exact) mass is 540 g/mol. The number of aliphatic hydroxyl groups excluding tert-OH is 7. The third-order valence-corrected chi connectivity index (χ3v) is 6.42. The first kappa shape index (κ1) is 31.9. The van der Waals surface area contributed by atoms with E-state index in [1.54, 1.807) is 13.8 Å². The predicted molar refractivity (Wildman–Crippen MR) is 122 cm³/mol. The number of ether oxygens (including phenoxy) is 5. The van der Waals surface area contributed by atoms with Crippen LogP contribution in [0.3, 0.4) is 0 Å². The fraction of sp³-hybridized carbons (Fsp3) is 0.870. The fourth-order valence-corrected chi connectivity index (χ4v) is 4.22. The van der Waals surface area contributed by atoms with Gasteiger partial charge in [0.05, 0.1) is 11.7 Å². The van der Waals surface area contributed by atoms with Crippen LogP contribution >= 0.6 is 0 Å². The zero-order valence-corrected chi connectivity index (χ0v) is 21.3. The van der Waals surface area contributed by atoms with E-state index in [4.69, 9.17) is 28.8 Å². The summed E-state index contributed by atoms with van der Waals surface area (Å²) in [6.45, 7) is 6.10. The van der Waals surface area contributed by atoms with Crippen LogP contribution < -0.4 is 0 Å². The Bertz CT molecular complexity index is 760. The highest BCUT2D eigenvalue weighted by atomic mass is 16.8. The summed E-state index contributed by atoms with van der Waals surface area (Å²) in [4.78, 5) is 11.5. The number of aliphatic hydroxyl groups is 7. The molecule has 0 aromatic rings. The summed E-state index contributed by atoms with van der Waals surface area (Å²) in [7, 11) is 0. The molecule has 0 radical (unpaired) electrons. The second kappa shape index (κ2) is 13.7. The molecule has 11 atom stereocenters. The van der Waals surface area contributed by atoms with Crippen LogP contribution in [0.15, 0.2) is 11.6 Å². The summed E-state index contributed by atoms with van der Waals surface area (Å²) >= 11 is 0. The van der Waals surface area contributed by atoms with Gasteiger partial charge in [-0.1, -0.05) is 18.6 Å². The number of carboxylic acid groups (broad SMARTS) is 1. The van der Waals surface area contributed by atoms with Crippen molar-refractivity contribution in [2.45, 2.75) is 120 Å². The van der Waals surface area contributed by atoms with Gasteiger partial charge in [-0.25, -0.2) is 4.79 Å². The van der Waals surface area contributed by atoms with E-state index in [1.807, 2.05) is 19.9 Å². The van der Waals surface area contributed by atoms with E-state index in [1.165, 1.54) is 0 Å². The van der Waals surface area contributed by atoms with E-state index in [-0.39, 0.29) is 6.42 Å². The van der Waals surface area contributed by atoms with E-state index in [0.29, 0.717) is 6.42 Å². The molecule has 2 aliphatic heterocycles. The highest BCUT2D eigenvalue weighted by Crippen LogP contribution is 2.33. The number of carboxylic acids is 1.